The topological polar surface area (TPSA) is 240 Å². The van der Waals surface area contributed by atoms with Gasteiger partial charge in [-0.3, -0.25) is 14.4 Å². The lowest BCUT2D eigenvalue weighted by molar-refractivity contribution is -0.142. The number of imidazole rings is 1. The summed E-state index contributed by atoms with van der Waals surface area (Å²) in [6.07, 6.45) is 2.80. The van der Waals surface area contributed by atoms with Gasteiger partial charge in [-0.2, -0.15) is 0 Å². The molecule has 14 nitrogen and oxygen atoms in total. The molecule has 0 fully saturated rings. The number of nitrogens with two attached hydrogens (primary N) is 1. The zero-order valence-electron chi connectivity index (χ0n) is 25.2. The SMILES string of the molecule is NC(Cc1ccc(O)cc1)C(=O)NC(Cc1cnc[nH]1)C(=O)NC(Cc1ccc(O)cc1)C(=O)NC(Cc1ccc(O)cc1)C(=O)O. The van der Waals surface area contributed by atoms with Gasteiger partial charge in [0.05, 0.1) is 12.4 Å². The molecule has 4 aromatic rings. The average Bonchev–Trinajstić information content (AvgIpc) is 3.56. The highest BCUT2D eigenvalue weighted by atomic mass is 16.4. The molecule has 4 rings (SSSR count). The summed E-state index contributed by atoms with van der Waals surface area (Å²) in [7, 11) is 0. The van der Waals surface area contributed by atoms with Crippen molar-refractivity contribution in [3.05, 3.63) is 108 Å². The fourth-order valence-electron chi connectivity index (χ4n) is 4.77. The number of amides is 3. The van der Waals surface area contributed by atoms with Crippen LogP contribution in [0.15, 0.2) is 85.3 Å². The first kappa shape index (κ1) is 34.0. The van der Waals surface area contributed by atoms with Gasteiger partial charge in [-0.1, -0.05) is 36.4 Å². The minimum absolute atomic E-state index is 0.000538. The van der Waals surface area contributed by atoms with Crippen LogP contribution in [0, 0.1) is 0 Å². The van der Waals surface area contributed by atoms with E-state index in [-0.39, 0.29) is 42.9 Å². The van der Waals surface area contributed by atoms with Gasteiger partial charge in [0.1, 0.15) is 35.4 Å². The number of aromatic nitrogens is 2. The number of nitrogens with zero attached hydrogens (tertiary/aromatic N) is 1. The van der Waals surface area contributed by atoms with E-state index in [1.54, 1.807) is 24.3 Å². The van der Waals surface area contributed by atoms with Crippen molar-refractivity contribution in [1.29, 1.82) is 0 Å². The van der Waals surface area contributed by atoms with Crippen LogP contribution < -0.4 is 21.7 Å². The zero-order chi connectivity index (χ0) is 33.9. The van der Waals surface area contributed by atoms with Gasteiger partial charge in [0.25, 0.3) is 0 Å². The minimum Gasteiger partial charge on any atom is -0.508 e. The quantitative estimate of drug-likeness (QED) is 0.0876. The fourth-order valence-corrected chi connectivity index (χ4v) is 4.77. The Morgan fingerprint density at radius 2 is 1.02 bits per heavy atom. The number of phenols is 3. The molecule has 0 aliphatic rings. The van der Waals surface area contributed by atoms with Crippen molar-refractivity contribution in [3.63, 3.8) is 0 Å². The molecule has 0 spiro atoms. The Morgan fingerprint density at radius 3 is 1.47 bits per heavy atom. The van der Waals surface area contributed by atoms with E-state index in [0.29, 0.717) is 22.4 Å². The number of phenolic OH excluding ortho intramolecular Hbond substituents is 3. The third kappa shape index (κ3) is 10.3. The number of rotatable bonds is 15. The maximum absolute atomic E-state index is 13.7. The highest BCUT2D eigenvalue weighted by Crippen LogP contribution is 2.15. The number of aliphatic carboxylic acids is 1. The van der Waals surface area contributed by atoms with Crippen LogP contribution in [0.4, 0.5) is 0 Å². The molecular weight excluding hydrogens is 608 g/mol. The molecule has 3 amide bonds. The number of carbonyl (C=O) groups is 4. The first-order valence-corrected chi connectivity index (χ1v) is 14.7. The number of hydrogen-bond acceptors (Lipinski definition) is 9. The Bertz CT molecular complexity index is 1640. The molecule has 0 radical (unpaired) electrons. The summed E-state index contributed by atoms with van der Waals surface area (Å²) in [6, 6.07) is 13.0. The molecule has 246 valence electrons. The molecule has 47 heavy (non-hydrogen) atoms. The molecule has 1 heterocycles. The molecule has 3 aromatic carbocycles. The van der Waals surface area contributed by atoms with Crippen LogP contribution in [0.3, 0.4) is 0 Å². The van der Waals surface area contributed by atoms with Crippen LogP contribution in [0.25, 0.3) is 0 Å². The normalized spacial score (nSPS) is 13.5. The Kier molecular flexibility index (Phi) is 11.5. The van der Waals surface area contributed by atoms with E-state index in [0.717, 1.165) is 0 Å². The number of benzene rings is 3. The number of nitrogens with one attached hydrogen (secondary N) is 4. The highest BCUT2D eigenvalue weighted by Gasteiger charge is 2.31. The van der Waals surface area contributed by atoms with Gasteiger partial charge < -0.3 is 47.1 Å². The summed E-state index contributed by atoms with van der Waals surface area (Å²) in [5.74, 6) is -3.44. The molecule has 0 aliphatic carbocycles. The maximum Gasteiger partial charge on any atom is 0.326 e. The van der Waals surface area contributed by atoms with Crippen molar-refractivity contribution in [2.24, 2.45) is 5.73 Å². The Morgan fingerprint density at radius 1 is 0.617 bits per heavy atom. The molecule has 4 unspecified atom stereocenters. The van der Waals surface area contributed by atoms with Gasteiger partial charge >= 0.3 is 5.97 Å². The molecule has 10 N–H and O–H groups in total. The van der Waals surface area contributed by atoms with Crippen molar-refractivity contribution in [1.82, 2.24) is 25.9 Å². The lowest BCUT2D eigenvalue weighted by Gasteiger charge is -2.25. The number of carboxylic acid groups (broad SMARTS) is 1. The smallest absolute Gasteiger partial charge is 0.326 e. The third-order valence-electron chi connectivity index (χ3n) is 7.34. The Hall–Kier alpha value is -5.89. The second kappa shape index (κ2) is 15.9. The van der Waals surface area contributed by atoms with E-state index >= 15 is 0 Å². The molecule has 0 bridgehead atoms. The standard InChI is InChI=1S/C33H36N6O8/c34-26(13-19-1-7-23(40)8-2-19)30(43)37-28(16-22-17-35-18-36-22)32(45)38-27(14-20-3-9-24(41)10-4-20)31(44)39-29(33(46)47)15-21-5-11-25(42)12-6-21/h1-12,17-18,26-29,40-42H,13-16,34H2,(H,35,36)(H,37,43)(H,38,45)(H,39,44)(H,46,47). The van der Waals surface area contributed by atoms with E-state index in [9.17, 15) is 39.6 Å². The molecular formula is C33H36N6O8. The Balaban J connectivity index is 1.53. The molecule has 0 saturated carbocycles. The molecule has 1 aromatic heterocycles. The van der Waals surface area contributed by atoms with Crippen molar-refractivity contribution in [2.75, 3.05) is 0 Å². The molecule has 0 saturated heterocycles. The summed E-state index contributed by atoms with van der Waals surface area (Å²) in [5, 5.41) is 46.4. The summed E-state index contributed by atoms with van der Waals surface area (Å²) in [4.78, 5) is 59.4. The minimum atomic E-state index is -1.37. The maximum atomic E-state index is 13.7. The number of hydrogen-bond donors (Lipinski definition) is 9. The first-order valence-electron chi connectivity index (χ1n) is 14.7. The predicted octanol–water partition coefficient (Wildman–Crippen LogP) is 0.663. The van der Waals surface area contributed by atoms with Crippen LogP contribution in [0.1, 0.15) is 22.4 Å². The van der Waals surface area contributed by atoms with Crippen LogP contribution in [-0.2, 0) is 44.9 Å². The predicted molar refractivity (Wildman–Crippen MR) is 169 cm³/mol. The monoisotopic (exact) mass is 644 g/mol. The van der Waals surface area contributed by atoms with Gasteiger partial charge in [0, 0.05) is 31.2 Å². The first-order chi connectivity index (χ1) is 22.5. The van der Waals surface area contributed by atoms with Crippen molar-refractivity contribution in [3.8, 4) is 17.2 Å². The van der Waals surface area contributed by atoms with Gasteiger partial charge in [-0.05, 0) is 59.5 Å². The van der Waals surface area contributed by atoms with Gasteiger partial charge in [0.2, 0.25) is 17.7 Å². The lowest BCUT2D eigenvalue weighted by atomic mass is 10.0. The van der Waals surface area contributed by atoms with Crippen LogP contribution >= 0.6 is 0 Å². The Labute approximate surface area is 269 Å². The van der Waals surface area contributed by atoms with E-state index in [2.05, 4.69) is 25.9 Å². The van der Waals surface area contributed by atoms with E-state index in [4.69, 9.17) is 5.73 Å². The van der Waals surface area contributed by atoms with Crippen LogP contribution in [0.5, 0.6) is 17.2 Å². The second-order valence-corrected chi connectivity index (χ2v) is 11.0. The van der Waals surface area contributed by atoms with Crippen LogP contribution in [0.2, 0.25) is 0 Å². The number of H-pyrrole nitrogens is 1. The number of aromatic hydroxyl groups is 3. The average molecular weight is 645 g/mol. The fraction of sp³-hybridized carbons (Fsp3) is 0.242. The summed E-state index contributed by atoms with van der Waals surface area (Å²) in [5.41, 5.74) is 8.44. The van der Waals surface area contributed by atoms with E-state index < -0.39 is 47.9 Å². The molecule has 0 aliphatic heterocycles. The van der Waals surface area contributed by atoms with Gasteiger partial charge in [-0.15, -0.1) is 0 Å². The number of carbonyl (C=O) groups excluding carboxylic acids is 3. The third-order valence-corrected chi connectivity index (χ3v) is 7.34. The largest absolute Gasteiger partial charge is 0.508 e. The van der Waals surface area contributed by atoms with Crippen LogP contribution in [-0.4, -0.2) is 78.3 Å². The summed E-state index contributed by atoms with van der Waals surface area (Å²) >= 11 is 0. The lowest BCUT2D eigenvalue weighted by Crippen LogP contribution is -2.58. The van der Waals surface area contributed by atoms with E-state index in [1.165, 1.54) is 61.1 Å². The number of aromatic amines is 1. The summed E-state index contributed by atoms with van der Waals surface area (Å²) in [6.45, 7) is 0. The zero-order valence-corrected chi connectivity index (χ0v) is 25.2. The van der Waals surface area contributed by atoms with Crippen molar-refractivity contribution >= 4 is 23.7 Å². The van der Waals surface area contributed by atoms with Gasteiger partial charge in [0.15, 0.2) is 0 Å². The van der Waals surface area contributed by atoms with Crippen molar-refractivity contribution < 1.29 is 39.6 Å². The van der Waals surface area contributed by atoms with Crippen molar-refractivity contribution in [2.45, 2.75) is 49.9 Å². The number of carboxylic acids is 1. The van der Waals surface area contributed by atoms with Gasteiger partial charge in [-0.25, -0.2) is 9.78 Å². The second-order valence-electron chi connectivity index (χ2n) is 11.0. The summed E-state index contributed by atoms with van der Waals surface area (Å²) < 4.78 is 0. The molecule has 4 atom stereocenters. The highest BCUT2D eigenvalue weighted by molar-refractivity contribution is 5.94. The molecule has 14 heteroatoms. The van der Waals surface area contributed by atoms with E-state index in [1.807, 2.05) is 0 Å².